The van der Waals surface area contributed by atoms with E-state index in [1.807, 2.05) is 36.4 Å². The first-order valence-corrected chi connectivity index (χ1v) is 6.20. The molecule has 4 heteroatoms. The third-order valence-corrected chi connectivity index (χ3v) is 3.35. The SMILES string of the molecule is NCC(O)COc1ccc2ccccc2c1Br. The number of rotatable bonds is 4. The number of ether oxygens (including phenoxy) is 1. The molecular weight excluding hydrogens is 282 g/mol. The van der Waals surface area contributed by atoms with Crippen LogP contribution >= 0.6 is 15.9 Å². The Morgan fingerprint density at radius 3 is 2.76 bits per heavy atom. The van der Waals surface area contributed by atoms with Gasteiger partial charge in [0.1, 0.15) is 18.5 Å². The van der Waals surface area contributed by atoms with Gasteiger partial charge in [0.25, 0.3) is 0 Å². The molecule has 0 aliphatic heterocycles. The maximum absolute atomic E-state index is 9.36. The molecule has 3 N–H and O–H groups in total. The molecule has 0 radical (unpaired) electrons. The number of aliphatic hydroxyl groups excluding tert-OH is 1. The van der Waals surface area contributed by atoms with Crippen molar-refractivity contribution in [3.63, 3.8) is 0 Å². The standard InChI is InChI=1S/C13H14BrNO2/c14-13-11-4-2-1-3-9(11)5-6-12(13)17-8-10(16)7-15/h1-6,10,16H,7-8,15H2. The number of fused-ring (bicyclic) bond motifs is 1. The molecule has 2 rings (SSSR count). The summed E-state index contributed by atoms with van der Waals surface area (Å²) >= 11 is 3.52. The lowest BCUT2D eigenvalue weighted by Gasteiger charge is -2.12. The molecule has 2 aromatic rings. The number of aliphatic hydroxyl groups is 1. The smallest absolute Gasteiger partial charge is 0.134 e. The van der Waals surface area contributed by atoms with E-state index < -0.39 is 6.10 Å². The van der Waals surface area contributed by atoms with E-state index in [0.29, 0.717) is 0 Å². The normalized spacial score (nSPS) is 12.6. The van der Waals surface area contributed by atoms with E-state index in [1.165, 1.54) is 0 Å². The molecule has 1 unspecified atom stereocenters. The van der Waals surface area contributed by atoms with Gasteiger partial charge in [0.05, 0.1) is 4.47 Å². The second-order valence-electron chi connectivity index (χ2n) is 3.80. The minimum Gasteiger partial charge on any atom is -0.490 e. The average Bonchev–Trinajstić information content (AvgIpc) is 2.38. The summed E-state index contributed by atoms with van der Waals surface area (Å²) in [4.78, 5) is 0. The second-order valence-corrected chi connectivity index (χ2v) is 4.59. The van der Waals surface area contributed by atoms with E-state index in [1.54, 1.807) is 0 Å². The summed E-state index contributed by atoms with van der Waals surface area (Å²) in [6.45, 7) is 0.401. The van der Waals surface area contributed by atoms with Crippen LogP contribution in [0.3, 0.4) is 0 Å². The Balaban J connectivity index is 2.26. The van der Waals surface area contributed by atoms with E-state index in [0.717, 1.165) is 21.0 Å². The zero-order valence-electron chi connectivity index (χ0n) is 9.27. The molecule has 0 bridgehead atoms. The molecule has 2 aromatic carbocycles. The van der Waals surface area contributed by atoms with Gasteiger partial charge in [-0.15, -0.1) is 0 Å². The predicted molar refractivity (Wildman–Crippen MR) is 72.2 cm³/mol. The van der Waals surface area contributed by atoms with E-state index in [2.05, 4.69) is 15.9 Å². The van der Waals surface area contributed by atoms with Crippen LogP contribution in [0.5, 0.6) is 5.75 Å². The van der Waals surface area contributed by atoms with Crippen LogP contribution < -0.4 is 10.5 Å². The topological polar surface area (TPSA) is 55.5 Å². The van der Waals surface area contributed by atoms with E-state index >= 15 is 0 Å². The van der Waals surface area contributed by atoms with Crippen LogP contribution in [-0.2, 0) is 0 Å². The van der Waals surface area contributed by atoms with Crippen molar-refractivity contribution in [2.75, 3.05) is 13.2 Å². The van der Waals surface area contributed by atoms with Crippen molar-refractivity contribution in [1.82, 2.24) is 0 Å². The summed E-state index contributed by atoms with van der Waals surface area (Å²) < 4.78 is 6.42. The van der Waals surface area contributed by atoms with Crippen LogP contribution in [0.25, 0.3) is 10.8 Å². The van der Waals surface area contributed by atoms with Crippen molar-refractivity contribution < 1.29 is 9.84 Å². The quantitative estimate of drug-likeness (QED) is 0.910. The Morgan fingerprint density at radius 1 is 1.24 bits per heavy atom. The van der Waals surface area contributed by atoms with Gasteiger partial charge in [-0.05, 0) is 32.8 Å². The van der Waals surface area contributed by atoms with E-state index in [4.69, 9.17) is 10.5 Å². The van der Waals surface area contributed by atoms with Crippen molar-refractivity contribution in [3.8, 4) is 5.75 Å². The molecule has 0 saturated heterocycles. The Bertz CT molecular complexity index is 516. The number of halogens is 1. The average molecular weight is 296 g/mol. The van der Waals surface area contributed by atoms with Crippen LogP contribution in [0.2, 0.25) is 0 Å². The van der Waals surface area contributed by atoms with Gasteiger partial charge in [0, 0.05) is 6.54 Å². The fourth-order valence-corrected chi connectivity index (χ4v) is 2.19. The molecule has 0 fully saturated rings. The van der Waals surface area contributed by atoms with Crippen molar-refractivity contribution in [2.45, 2.75) is 6.10 Å². The van der Waals surface area contributed by atoms with Crippen LogP contribution in [-0.4, -0.2) is 24.4 Å². The van der Waals surface area contributed by atoms with Gasteiger partial charge in [-0.25, -0.2) is 0 Å². The van der Waals surface area contributed by atoms with Crippen LogP contribution in [0, 0.1) is 0 Å². The summed E-state index contributed by atoms with van der Waals surface area (Å²) in [5.41, 5.74) is 5.32. The van der Waals surface area contributed by atoms with Gasteiger partial charge < -0.3 is 15.6 Å². The van der Waals surface area contributed by atoms with Crippen LogP contribution in [0.4, 0.5) is 0 Å². The molecular formula is C13H14BrNO2. The van der Waals surface area contributed by atoms with Crippen LogP contribution in [0.15, 0.2) is 40.9 Å². The Kier molecular flexibility index (Phi) is 3.99. The lowest BCUT2D eigenvalue weighted by molar-refractivity contribution is 0.114. The van der Waals surface area contributed by atoms with Gasteiger partial charge in [0.15, 0.2) is 0 Å². The molecule has 0 heterocycles. The molecule has 0 aliphatic carbocycles. The largest absolute Gasteiger partial charge is 0.490 e. The van der Waals surface area contributed by atoms with Gasteiger partial charge in [-0.2, -0.15) is 0 Å². The van der Waals surface area contributed by atoms with Crippen molar-refractivity contribution >= 4 is 26.7 Å². The molecule has 0 saturated carbocycles. The van der Waals surface area contributed by atoms with Gasteiger partial charge in [-0.3, -0.25) is 0 Å². The highest BCUT2D eigenvalue weighted by atomic mass is 79.9. The first-order valence-electron chi connectivity index (χ1n) is 5.40. The van der Waals surface area contributed by atoms with Crippen molar-refractivity contribution in [3.05, 3.63) is 40.9 Å². The highest BCUT2D eigenvalue weighted by Crippen LogP contribution is 2.32. The van der Waals surface area contributed by atoms with E-state index in [-0.39, 0.29) is 13.2 Å². The van der Waals surface area contributed by atoms with Crippen LogP contribution in [0.1, 0.15) is 0 Å². The molecule has 0 spiro atoms. The summed E-state index contributed by atoms with van der Waals surface area (Å²) in [6, 6.07) is 11.9. The fraction of sp³-hybridized carbons (Fsp3) is 0.231. The van der Waals surface area contributed by atoms with Gasteiger partial charge in [0.2, 0.25) is 0 Å². The maximum Gasteiger partial charge on any atom is 0.134 e. The highest BCUT2D eigenvalue weighted by Gasteiger charge is 2.08. The maximum atomic E-state index is 9.36. The van der Waals surface area contributed by atoms with Crippen molar-refractivity contribution in [1.29, 1.82) is 0 Å². The predicted octanol–water partition coefficient (Wildman–Crippen LogP) is 2.30. The monoisotopic (exact) mass is 295 g/mol. The zero-order valence-corrected chi connectivity index (χ0v) is 10.9. The summed E-state index contributed by atoms with van der Waals surface area (Å²) in [5.74, 6) is 0.719. The summed E-state index contributed by atoms with van der Waals surface area (Å²) in [5, 5.41) is 11.6. The Hall–Kier alpha value is -1.10. The van der Waals surface area contributed by atoms with Crippen molar-refractivity contribution in [2.24, 2.45) is 5.73 Å². The summed E-state index contributed by atoms with van der Waals surface area (Å²) in [6.07, 6.45) is -0.631. The molecule has 3 nitrogen and oxygen atoms in total. The number of hydrogen-bond donors (Lipinski definition) is 2. The highest BCUT2D eigenvalue weighted by molar-refractivity contribution is 9.10. The molecule has 0 aromatic heterocycles. The number of nitrogens with two attached hydrogens (primary N) is 1. The summed E-state index contributed by atoms with van der Waals surface area (Å²) in [7, 11) is 0. The van der Waals surface area contributed by atoms with Gasteiger partial charge >= 0.3 is 0 Å². The Morgan fingerprint density at radius 2 is 2.00 bits per heavy atom. The second kappa shape index (κ2) is 5.49. The molecule has 17 heavy (non-hydrogen) atoms. The zero-order chi connectivity index (χ0) is 12.3. The number of benzene rings is 2. The van der Waals surface area contributed by atoms with Gasteiger partial charge in [-0.1, -0.05) is 30.3 Å². The molecule has 0 aliphatic rings. The fourth-order valence-electron chi connectivity index (χ4n) is 1.58. The minimum absolute atomic E-state index is 0.200. The first-order chi connectivity index (χ1) is 8.22. The lowest BCUT2D eigenvalue weighted by Crippen LogP contribution is -2.26. The third kappa shape index (κ3) is 2.77. The minimum atomic E-state index is -0.631. The molecule has 1 atom stereocenters. The molecule has 0 amide bonds. The number of hydrogen-bond acceptors (Lipinski definition) is 3. The van der Waals surface area contributed by atoms with E-state index in [9.17, 15) is 5.11 Å². The lowest BCUT2D eigenvalue weighted by atomic mass is 10.1. The molecule has 90 valence electrons. The first kappa shape index (κ1) is 12.4. The Labute approximate surface area is 108 Å². The third-order valence-electron chi connectivity index (χ3n) is 2.53.